The fraction of sp³-hybridized carbons (Fsp3) is 0.200. The van der Waals surface area contributed by atoms with Gasteiger partial charge in [0, 0.05) is 5.69 Å². The molecular weight excluding hydrogens is 74.1 g/mol. The Balaban J connectivity index is 3.05. The lowest BCUT2D eigenvalue weighted by atomic mass is 10.5. The van der Waals surface area contributed by atoms with Crippen molar-refractivity contribution in [2.24, 2.45) is 0 Å². The zero-order chi connectivity index (χ0) is 4.41. The number of aryl methyl sites for hydroxylation is 1. The van der Waals surface area contributed by atoms with Gasteiger partial charge in [-0.05, 0) is 19.1 Å². The topological polar surface area (TPSA) is 15.8 Å². The minimum atomic E-state index is 1.16. The largest absolute Gasteiger partial charge is 0.357 e. The van der Waals surface area contributed by atoms with Crippen LogP contribution in [0.1, 0.15) is 5.69 Å². The predicted molar refractivity (Wildman–Crippen MR) is 24.4 cm³/mol. The minimum Gasteiger partial charge on any atom is -0.357 e. The maximum absolute atomic E-state index is 2.88. The lowest BCUT2D eigenvalue weighted by Crippen LogP contribution is -1.60. The van der Waals surface area contributed by atoms with Gasteiger partial charge in [0.1, 0.15) is 0 Å². The fourth-order valence-corrected chi connectivity index (χ4v) is 0.364. The Morgan fingerprint density at radius 2 is 2.67 bits per heavy atom. The van der Waals surface area contributed by atoms with E-state index in [4.69, 9.17) is 0 Å². The summed E-state index contributed by atoms with van der Waals surface area (Å²) in [7, 11) is 0. The van der Waals surface area contributed by atoms with Crippen LogP contribution in [-0.2, 0) is 0 Å². The summed E-state index contributed by atoms with van der Waals surface area (Å²) in [6, 6.07) is 3.83. The predicted octanol–water partition coefficient (Wildman–Crippen LogP) is 1.12. The van der Waals surface area contributed by atoms with E-state index in [-0.39, 0.29) is 0 Å². The third-order valence-electron chi connectivity index (χ3n) is 0.686. The van der Waals surface area contributed by atoms with Gasteiger partial charge >= 0.3 is 0 Å². The van der Waals surface area contributed by atoms with Crippen molar-refractivity contribution < 1.29 is 0 Å². The monoisotopic (exact) mass is 80.1 g/mol. The summed E-state index contributed by atoms with van der Waals surface area (Å²) in [5.41, 5.74) is 1.16. The molecule has 0 saturated heterocycles. The molecule has 0 bridgehead atoms. The number of rotatable bonds is 0. The standard InChI is InChI=1S/C5H6N/c1-5-3-2-4-6-5/h2-3,6H,1H3. The highest BCUT2D eigenvalue weighted by molar-refractivity contribution is 4.98. The van der Waals surface area contributed by atoms with Crippen LogP contribution in [0.25, 0.3) is 0 Å². The first-order valence-electron chi connectivity index (χ1n) is 1.91. The van der Waals surface area contributed by atoms with Crippen LogP contribution in [0.15, 0.2) is 12.1 Å². The number of nitrogens with one attached hydrogen (secondary N) is 1. The molecule has 1 aromatic rings. The molecule has 0 aliphatic carbocycles. The first-order valence-corrected chi connectivity index (χ1v) is 1.91. The second-order valence-corrected chi connectivity index (χ2v) is 1.29. The molecule has 0 amide bonds. The van der Waals surface area contributed by atoms with Crippen molar-refractivity contribution in [2.75, 3.05) is 0 Å². The van der Waals surface area contributed by atoms with Gasteiger partial charge in [0.25, 0.3) is 0 Å². The van der Waals surface area contributed by atoms with Gasteiger partial charge in [-0.3, -0.25) is 0 Å². The van der Waals surface area contributed by atoms with Gasteiger partial charge in [0.2, 0.25) is 0 Å². The molecule has 1 nitrogen and oxygen atoms in total. The van der Waals surface area contributed by atoms with Gasteiger partial charge in [-0.2, -0.15) is 0 Å². The molecule has 0 fully saturated rings. The quantitative estimate of drug-likeness (QED) is 0.480. The van der Waals surface area contributed by atoms with Crippen LogP contribution >= 0.6 is 0 Å². The Labute approximate surface area is 37.0 Å². The van der Waals surface area contributed by atoms with Crippen LogP contribution in [-0.4, -0.2) is 4.98 Å². The number of aromatic amines is 1. The van der Waals surface area contributed by atoms with E-state index < -0.39 is 0 Å². The molecule has 0 atom stereocenters. The Morgan fingerprint density at radius 3 is 2.83 bits per heavy atom. The Morgan fingerprint density at radius 1 is 1.83 bits per heavy atom. The maximum Gasteiger partial charge on any atom is 0.0621 e. The summed E-state index contributed by atoms with van der Waals surface area (Å²) in [5.74, 6) is 0. The van der Waals surface area contributed by atoms with E-state index in [1.165, 1.54) is 0 Å². The number of hydrogen-bond acceptors (Lipinski definition) is 0. The molecule has 0 spiro atoms. The van der Waals surface area contributed by atoms with Crippen LogP contribution in [0, 0.1) is 13.1 Å². The minimum absolute atomic E-state index is 1.16. The van der Waals surface area contributed by atoms with Crippen molar-refractivity contribution in [2.45, 2.75) is 6.92 Å². The number of aromatic nitrogens is 1. The van der Waals surface area contributed by atoms with Crippen molar-refractivity contribution in [3.63, 3.8) is 0 Å². The molecule has 1 rings (SSSR count). The SMILES string of the molecule is Cc1cc[c][nH]1. The second kappa shape index (κ2) is 1.17. The van der Waals surface area contributed by atoms with Gasteiger partial charge in [0.05, 0.1) is 6.20 Å². The van der Waals surface area contributed by atoms with Crippen molar-refractivity contribution in [3.8, 4) is 0 Å². The summed E-state index contributed by atoms with van der Waals surface area (Å²) < 4.78 is 0. The van der Waals surface area contributed by atoms with E-state index in [0.29, 0.717) is 0 Å². The summed E-state index contributed by atoms with van der Waals surface area (Å²) in [6.45, 7) is 2.00. The molecule has 6 heavy (non-hydrogen) atoms. The average molecular weight is 80.1 g/mol. The molecule has 31 valence electrons. The molecule has 0 aromatic carbocycles. The Bertz CT molecular complexity index is 107. The molecule has 0 aliphatic rings. The van der Waals surface area contributed by atoms with Gasteiger partial charge in [-0.15, -0.1) is 0 Å². The second-order valence-electron chi connectivity index (χ2n) is 1.29. The van der Waals surface area contributed by atoms with Crippen LogP contribution in [0.5, 0.6) is 0 Å². The van der Waals surface area contributed by atoms with Crippen LogP contribution in [0.3, 0.4) is 0 Å². The molecule has 1 radical (unpaired) electrons. The van der Waals surface area contributed by atoms with E-state index in [2.05, 4.69) is 11.2 Å². The van der Waals surface area contributed by atoms with Crippen LogP contribution < -0.4 is 0 Å². The molecule has 1 aromatic heterocycles. The molecule has 1 heteroatoms. The highest BCUT2D eigenvalue weighted by Crippen LogP contribution is 1.85. The zero-order valence-corrected chi connectivity index (χ0v) is 3.65. The van der Waals surface area contributed by atoms with Crippen molar-refractivity contribution >= 4 is 0 Å². The Hall–Kier alpha value is -0.720. The van der Waals surface area contributed by atoms with Gasteiger partial charge in [-0.1, -0.05) is 0 Å². The van der Waals surface area contributed by atoms with Crippen molar-refractivity contribution in [3.05, 3.63) is 24.0 Å². The highest BCUT2D eigenvalue weighted by Gasteiger charge is 1.73. The highest BCUT2D eigenvalue weighted by atomic mass is 14.7. The first-order chi connectivity index (χ1) is 2.89. The third kappa shape index (κ3) is 0.432. The van der Waals surface area contributed by atoms with E-state index in [1.807, 2.05) is 19.1 Å². The smallest absolute Gasteiger partial charge is 0.0621 e. The normalized spacial score (nSPS) is 8.83. The third-order valence-corrected chi connectivity index (χ3v) is 0.686. The fourth-order valence-electron chi connectivity index (χ4n) is 0.364. The lowest BCUT2D eigenvalue weighted by Gasteiger charge is -1.69. The maximum atomic E-state index is 2.88. The number of hydrogen-bond donors (Lipinski definition) is 1. The molecular formula is C5H6N. The molecule has 0 saturated carbocycles. The molecule has 1 N–H and O–H groups in total. The van der Waals surface area contributed by atoms with E-state index >= 15 is 0 Å². The van der Waals surface area contributed by atoms with Crippen molar-refractivity contribution in [1.82, 2.24) is 4.98 Å². The van der Waals surface area contributed by atoms with Crippen LogP contribution in [0.2, 0.25) is 0 Å². The van der Waals surface area contributed by atoms with Gasteiger partial charge < -0.3 is 4.98 Å². The summed E-state index contributed by atoms with van der Waals surface area (Å²) >= 11 is 0. The first kappa shape index (κ1) is 3.47. The summed E-state index contributed by atoms with van der Waals surface area (Å²) in [4.78, 5) is 2.88. The average Bonchev–Trinajstić information content (AvgIpc) is 1.86. The number of H-pyrrole nitrogens is 1. The van der Waals surface area contributed by atoms with Gasteiger partial charge in [-0.25, -0.2) is 0 Å². The molecule has 0 unspecified atom stereocenters. The summed E-state index contributed by atoms with van der Waals surface area (Å²) in [6.07, 6.45) is 2.80. The van der Waals surface area contributed by atoms with E-state index in [1.54, 1.807) is 0 Å². The zero-order valence-electron chi connectivity index (χ0n) is 3.65. The molecule has 1 heterocycles. The lowest BCUT2D eigenvalue weighted by molar-refractivity contribution is 1.26. The summed E-state index contributed by atoms with van der Waals surface area (Å²) in [5, 5.41) is 0. The Kier molecular flexibility index (Phi) is 0.675. The van der Waals surface area contributed by atoms with E-state index in [0.717, 1.165) is 5.69 Å². The van der Waals surface area contributed by atoms with Gasteiger partial charge in [0.15, 0.2) is 0 Å². The van der Waals surface area contributed by atoms with Crippen LogP contribution in [0.4, 0.5) is 0 Å². The van der Waals surface area contributed by atoms with E-state index in [9.17, 15) is 0 Å². The van der Waals surface area contributed by atoms with Crippen molar-refractivity contribution in [1.29, 1.82) is 0 Å². The molecule has 0 aliphatic heterocycles.